The summed E-state index contributed by atoms with van der Waals surface area (Å²) in [7, 11) is 1.74. The predicted octanol–water partition coefficient (Wildman–Crippen LogP) is 0.787. The third-order valence-electron chi connectivity index (χ3n) is 2.63. The van der Waals surface area contributed by atoms with Crippen LogP contribution in [0.5, 0.6) is 0 Å². The number of hydrogen-bond acceptors (Lipinski definition) is 5. The van der Waals surface area contributed by atoms with Crippen LogP contribution in [0.15, 0.2) is 0 Å². The van der Waals surface area contributed by atoms with Gasteiger partial charge in [-0.25, -0.2) is 0 Å². The molecule has 1 unspecified atom stereocenters. The molecule has 0 spiro atoms. The van der Waals surface area contributed by atoms with Crippen molar-refractivity contribution in [1.29, 1.82) is 0 Å². The molecule has 0 saturated carbocycles. The topological polar surface area (TPSA) is 67.4 Å². The van der Waals surface area contributed by atoms with Gasteiger partial charge in [0.05, 0.1) is 12.4 Å². The Labute approximate surface area is 113 Å². The van der Waals surface area contributed by atoms with Crippen LogP contribution >= 0.6 is 11.8 Å². The number of likely N-dealkylation sites (N-methyl/N-ethyl adjacent to an activating group) is 1. The second-order valence-electron chi connectivity index (χ2n) is 4.06. The standard InChI is InChI=1S/C12H24N2O3S/c1-5-14-10(15)9-18-8-7-12(3,13-4)11(16)17-6-2/h13H,5-9H2,1-4H3,(H,14,15). The first-order chi connectivity index (χ1) is 8.50. The van der Waals surface area contributed by atoms with Crippen LogP contribution in [0.3, 0.4) is 0 Å². The Morgan fingerprint density at radius 3 is 2.50 bits per heavy atom. The van der Waals surface area contributed by atoms with Crippen LogP contribution in [0.4, 0.5) is 0 Å². The molecule has 0 rings (SSSR count). The molecule has 6 heteroatoms. The SMILES string of the molecule is CCNC(=O)CSCCC(C)(NC)C(=O)OCC. The zero-order valence-electron chi connectivity index (χ0n) is 11.7. The molecule has 1 amide bonds. The van der Waals surface area contributed by atoms with Gasteiger partial charge in [-0.1, -0.05) is 0 Å². The van der Waals surface area contributed by atoms with Crippen LogP contribution < -0.4 is 10.6 Å². The van der Waals surface area contributed by atoms with E-state index in [2.05, 4.69) is 10.6 Å². The molecule has 1 atom stereocenters. The van der Waals surface area contributed by atoms with Crippen LogP contribution in [-0.4, -0.2) is 49.1 Å². The lowest BCUT2D eigenvalue weighted by molar-refractivity contribution is -0.150. The number of hydrogen-bond donors (Lipinski definition) is 2. The Morgan fingerprint density at radius 2 is 2.00 bits per heavy atom. The average Bonchev–Trinajstić information content (AvgIpc) is 2.35. The zero-order chi connectivity index (χ0) is 14.0. The average molecular weight is 276 g/mol. The summed E-state index contributed by atoms with van der Waals surface area (Å²) < 4.78 is 5.02. The summed E-state index contributed by atoms with van der Waals surface area (Å²) in [6, 6.07) is 0. The van der Waals surface area contributed by atoms with Gasteiger partial charge in [0.2, 0.25) is 5.91 Å². The maximum absolute atomic E-state index is 11.8. The van der Waals surface area contributed by atoms with E-state index in [1.54, 1.807) is 14.0 Å². The van der Waals surface area contributed by atoms with Gasteiger partial charge >= 0.3 is 5.97 Å². The second kappa shape index (κ2) is 9.22. The van der Waals surface area contributed by atoms with E-state index in [9.17, 15) is 9.59 Å². The highest BCUT2D eigenvalue weighted by Gasteiger charge is 2.32. The Kier molecular flexibility index (Phi) is 8.83. The van der Waals surface area contributed by atoms with Crippen LogP contribution in [0.1, 0.15) is 27.2 Å². The molecule has 5 nitrogen and oxygen atoms in total. The number of thioether (sulfide) groups is 1. The van der Waals surface area contributed by atoms with Gasteiger partial charge < -0.3 is 15.4 Å². The molecule has 0 aromatic rings. The fourth-order valence-electron chi connectivity index (χ4n) is 1.31. The third-order valence-corrected chi connectivity index (χ3v) is 3.59. The fraction of sp³-hybridized carbons (Fsp3) is 0.833. The number of ether oxygens (including phenoxy) is 1. The largest absolute Gasteiger partial charge is 0.465 e. The molecule has 0 aliphatic rings. The van der Waals surface area contributed by atoms with E-state index >= 15 is 0 Å². The summed E-state index contributed by atoms with van der Waals surface area (Å²) in [6.07, 6.45) is 0.631. The first kappa shape index (κ1) is 17.2. The van der Waals surface area contributed by atoms with Gasteiger partial charge in [-0.3, -0.25) is 9.59 Å². The van der Waals surface area contributed by atoms with Crippen LogP contribution in [0.2, 0.25) is 0 Å². The molecular formula is C12H24N2O3S. The Hall–Kier alpha value is -0.750. The van der Waals surface area contributed by atoms with Gasteiger partial charge in [0.15, 0.2) is 0 Å². The molecule has 0 radical (unpaired) electrons. The van der Waals surface area contributed by atoms with Crippen LogP contribution in [0, 0.1) is 0 Å². The summed E-state index contributed by atoms with van der Waals surface area (Å²) in [5.74, 6) is 0.944. The van der Waals surface area contributed by atoms with Crippen molar-refractivity contribution in [3.63, 3.8) is 0 Å². The highest BCUT2D eigenvalue weighted by molar-refractivity contribution is 7.99. The van der Waals surface area contributed by atoms with Crippen molar-refractivity contribution in [2.75, 3.05) is 31.7 Å². The van der Waals surface area contributed by atoms with Gasteiger partial charge in [-0.2, -0.15) is 11.8 Å². The molecule has 2 N–H and O–H groups in total. The summed E-state index contributed by atoms with van der Waals surface area (Å²) in [6.45, 7) is 6.52. The van der Waals surface area contributed by atoms with E-state index in [-0.39, 0.29) is 11.9 Å². The van der Waals surface area contributed by atoms with E-state index in [4.69, 9.17) is 4.74 Å². The Morgan fingerprint density at radius 1 is 1.33 bits per heavy atom. The minimum absolute atomic E-state index is 0.0322. The molecule has 0 saturated heterocycles. The quantitative estimate of drug-likeness (QED) is 0.481. The number of esters is 1. The van der Waals surface area contributed by atoms with E-state index in [1.165, 1.54) is 11.8 Å². The van der Waals surface area contributed by atoms with Gasteiger partial charge in [0.1, 0.15) is 5.54 Å². The molecule has 106 valence electrons. The lowest BCUT2D eigenvalue weighted by atomic mass is 10.00. The predicted molar refractivity (Wildman–Crippen MR) is 74.7 cm³/mol. The summed E-state index contributed by atoms with van der Waals surface area (Å²) in [4.78, 5) is 23.0. The molecular weight excluding hydrogens is 252 g/mol. The maximum Gasteiger partial charge on any atom is 0.326 e. The minimum Gasteiger partial charge on any atom is -0.465 e. The molecule has 0 bridgehead atoms. The first-order valence-corrected chi connectivity index (χ1v) is 7.36. The summed E-state index contributed by atoms with van der Waals surface area (Å²) >= 11 is 1.52. The van der Waals surface area contributed by atoms with Gasteiger partial charge in [-0.15, -0.1) is 0 Å². The van der Waals surface area contributed by atoms with E-state index in [0.717, 1.165) is 5.75 Å². The highest BCUT2D eigenvalue weighted by Crippen LogP contribution is 2.15. The normalized spacial score (nSPS) is 13.8. The van der Waals surface area contributed by atoms with Crippen molar-refractivity contribution in [2.24, 2.45) is 0 Å². The van der Waals surface area contributed by atoms with Crippen LogP contribution in [-0.2, 0) is 14.3 Å². The molecule has 0 aliphatic carbocycles. The van der Waals surface area contributed by atoms with Gasteiger partial charge in [-0.05, 0) is 40.0 Å². The molecule has 18 heavy (non-hydrogen) atoms. The lowest BCUT2D eigenvalue weighted by Gasteiger charge is -2.26. The van der Waals surface area contributed by atoms with Crippen molar-refractivity contribution in [3.8, 4) is 0 Å². The molecule has 0 heterocycles. The van der Waals surface area contributed by atoms with Crippen molar-refractivity contribution < 1.29 is 14.3 Å². The lowest BCUT2D eigenvalue weighted by Crippen LogP contribution is -2.49. The first-order valence-electron chi connectivity index (χ1n) is 6.20. The van der Waals surface area contributed by atoms with Crippen molar-refractivity contribution in [1.82, 2.24) is 10.6 Å². The number of carbonyl (C=O) groups is 2. The summed E-state index contributed by atoms with van der Waals surface area (Å²) in [5.41, 5.74) is -0.676. The number of nitrogens with one attached hydrogen (secondary N) is 2. The van der Waals surface area contributed by atoms with E-state index < -0.39 is 5.54 Å². The second-order valence-corrected chi connectivity index (χ2v) is 5.16. The molecule has 0 aliphatic heterocycles. The minimum atomic E-state index is -0.676. The van der Waals surface area contributed by atoms with Crippen molar-refractivity contribution >= 4 is 23.6 Å². The molecule has 0 fully saturated rings. The smallest absolute Gasteiger partial charge is 0.326 e. The van der Waals surface area contributed by atoms with E-state index in [1.807, 2.05) is 13.8 Å². The third kappa shape index (κ3) is 6.26. The van der Waals surface area contributed by atoms with Gasteiger partial charge in [0.25, 0.3) is 0 Å². The van der Waals surface area contributed by atoms with Crippen molar-refractivity contribution in [2.45, 2.75) is 32.7 Å². The summed E-state index contributed by atoms with van der Waals surface area (Å²) in [5, 5.41) is 5.72. The van der Waals surface area contributed by atoms with Gasteiger partial charge in [0, 0.05) is 6.54 Å². The molecule has 0 aromatic carbocycles. The van der Waals surface area contributed by atoms with Crippen molar-refractivity contribution in [3.05, 3.63) is 0 Å². The van der Waals surface area contributed by atoms with Crippen LogP contribution in [0.25, 0.3) is 0 Å². The number of carbonyl (C=O) groups excluding carboxylic acids is 2. The zero-order valence-corrected chi connectivity index (χ0v) is 12.5. The van der Waals surface area contributed by atoms with E-state index in [0.29, 0.717) is 25.3 Å². The monoisotopic (exact) mass is 276 g/mol. The number of amides is 1. The maximum atomic E-state index is 11.8. The number of rotatable bonds is 9. The highest BCUT2D eigenvalue weighted by atomic mass is 32.2. The Bertz CT molecular complexity index is 274. The Balaban J connectivity index is 4.00. The molecule has 0 aromatic heterocycles. The fourth-order valence-corrected chi connectivity index (χ4v) is 2.29.